The summed E-state index contributed by atoms with van der Waals surface area (Å²) in [6, 6.07) is 6.90. The highest BCUT2D eigenvalue weighted by atomic mass is 32.2. The molecule has 1 aliphatic rings. The normalized spacial score (nSPS) is 15.8. The molecule has 1 aromatic heterocycles. The Balaban J connectivity index is 1.64. The van der Waals surface area contributed by atoms with Gasteiger partial charge in [-0.3, -0.25) is 4.79 Å². The third-order valence-electron chi connectivity index (χ3n) is 4.03. The molecule has 0 N–H and O–H groups in total. The lowest BCUT2D eigenvalue weighted by atomic mass is 10.1. The van der Waals surface area contributed by atoms with Gasteiger partial charge in [0.25, 0.3) is 0 Å². The summed E-state index contributed by atoms with van der Waals surface area (Å²) in [4.78, 5) is 19.1. The molecule has 0 saturated carbocycles. The minimum atomic E-state index is -3.46. The zero-order valence-electron chi connectivity index (χ0n) is 13.7. The quantitative estimate of drug-likeness (QED) is 0.716. The Kier molecular flexibility index (Phi) is 5.52. The first-order valence-corrected chi connectivity index (χ1v) is 9.46. The van der Waals surface area contributed by atoms with Crippen molar-refractivity contribution in [1.82, 2.24) is 14.3 Å². The molecule has 3 rings (SSSR count). The van der Waals surface area contributed by atoms with Crippen LogP contribution in [0, 0.1) is 0 Å². The van der Waals surface area contributed by atoms with Gasteiger partial charge in [0.1, 0.15) is 5.82 Å². The predicted molar refractivity (Wildman–Crippen MR) is 90.8 cm³/mol. The van der Waals surface area contributed by atoms with Gasteiger partial charge in [0.15, 0.2) is 6.29 Å². The number of hydrogen-bond acceptors (Lipinski definition) is 6. The molecule has 1 aliphatic heterocycles. The van der Waals surface area contributed by atoms with Crippen LogP contribution in [0.4, 0.5) is 0 Å². The van der Waals surface area contributed by atoms with Crippen LogP contribution in [0.2, 0.25) is 0 Å². The minimum absolute atomic E-state index is 0.296. The lowest BCUT2D eigenvalue weighted by molar-refractivity contribution is 0.0730. The minimum Gasteiger partial charge on any atom is -0.379 e. The lowest BCUT2D eigenvalue weighted by Crippen LogP contribution is -2.40. The summed E-state index contributed by atoms with van der Waals surface area (Å²) >= 11 is 0. The van der Waals surface area contributed by atoms with E-state index in [-0.39, 0.29) is 0 Å². The summed E-state index contributed by atoms with van der Waals surface area (Å²) in [6.07, 6.45) is 5.01. The molecule has 0 aliphatic carbocycles. The average Bonchev–Trinajstić information content (AvgIpc) is 2.68. The van der Waals surface area contributed by atoms with Gasteiger partial charge in [-0.2, -0.15) is 4.31 Å². The van der Waals surface area contributed by atoms with Gasteiger partial charge >= 0.3 is 0 Å². The van der Waals surface area contributed by atoms with Crippen LogP contribution in [0.1, 0.15) is 21.7 Å². The molecule has 8 heteroatoms. The second-order valence-corrected chi connectivity index (χ2v) is 7.65. The molecule has 0 radical (unpaired) electrons. The molecule has 0 atom stereocenters. The van der Waals surface area contributed by atoms with Crippen LogP contribution in [-0.2, 0) is 27.6 Å². The number of benzene rings is 1. The van der Waals surface area contributed by atoms with Crippen LogP contribution in [0.3, 0.4) is 0 Å². The first-order valence-electron chi connectivity index (χ1n) is 8.02. The van der Waals surface area contributed by atoms with Crippen molar-refractivity contribution in [3.63, 3.8) is 0 Å². The highest BCUT2D eigenvalue weighted by Gasteiger charge is 2.25. The fourth-order valence-corrected chi connectivity index (χ4v) is 3.98. The summed E-state index contributed by atoms with van der Waals surface area (Å²) in [5.41, 5.74) is 1.45. The number of aldehydes is 1. The van der Waals surface area contributed by atoms with Gasteiger partial charge in [-0.15, -0.1) is 0 Å². The van der Waals surface area contributed by atoms with E-state index in [9.17, 15) is 13.2 Å². The summed E-state index contributed by atoms with van der Waals surface area (Å²) in [5, 5.41) is 0. The van der Waals surface area contributed by atoms with E-state index in [0.29, 0.717) is 61.7 Å². The molecular formula is C17H19N3O4S. The van der Waals surface area contributed by atoms with Gasteiger partial charge in [0.2, 0.25) is 10.0 Å². The van der Waals surface area contributed by atoms with Gasteiger partial charge < -0.3 is 4.74 Å². The summed E-state index contributed by atoms with van der Waals surface area (Å²) in [6.45, 7) is 1.64. The number of aryl methyl sites for hydroxylation is 2. The van der Waals surface area contributed by atoms with Gasteiger partial charge in [0, 0.05) is 31.9 Å². The van der Waals surface area contributed by atoms with Crippen molar-refractivity contribution >= 4 is 16.3 Å². The predicted octanol–water partition coefficient (Wildman–Crippen LogP) is 1.10. The summed E-state index contributed by atoms with van der Waals surface area (Å²) in [7, 11) is -3.46. The van der Waals surface area contributed by atoms with Gasteiger partial charge in [0.05, 0.1) is 23.7 Å². The van der Waals surface area contributed by atoms with Crippen molar-refractivity contribution in [2.45, 2.75) is 17.7 Å². The third-order valence-corrected chi connectivity index (χ3v) is 5.94. The van der Waals surface area contributed by atoms with E-state index in [2.05, 4.69) is 9.97 Å². The lowest BCUT2D eigenvalue weighted by Gasteiger charge is -2.26. The largest absolute Gasteiger partial charge is 0.379 e. The van der Waals surface area contributed by atoms with Crippen LogP contribution < -0.4 is 0 Å². The van der Waals surface area contributed by atoms with Crippen LogP contribution in [-0.4, -0.2) is 55.3 Å². The number of carbonyl (C=O) groups is 1. The van der Waals surface area contributed by atoms with E-state index in [1.165, 1.54) is 16.7 Å². The molecule has 25 heavy (non-hydrogen) atoms. The molecule has 0 amide bonds. The number of hydrogen-bond donors (Lipinski definition) is 0. The first-order chi connectivity index (χ1) is 12.1. The molecular weight excluding hydrogens is 342 g/mol. The Morgan fingerprint density at radius 1 is 1.04 bits per heavy atom. The highest BCUT2D eigenvalue weighted by Crippen LogP contribution is 2.18. The molecule has 7 nitrogen and oxygen atoms in total. The number of morpholine rings is 1. The van der Waals surface area contributed by atoms with Crippen molar-refractivity contribution in [3.8, 4) is 0 Å². The molecule has 1 saturated heterocycles. The van der Waals surface area contributed by atoms with Crippen LogP contribution in [0.5, 0.6) is 0 Å². The third kappa shape index (κ3) is 4.28. The van der Waals surface area contributed by atoms with Crippen molar-refractivity contribution < 1.29 is 17.9 Å². The van der Waals surface area contributed by atoms with Gasteiger partial charge in [-0.05, 0) is 24.1 Å². The maximum Gasteiger partial charge on any atom is 0.243 e. The zero-order chi connectivity index (χ0) is 17.7. The van der Waals surface area contributed by atoms with Crippen LogP contribution >= 0.6 is 0 Å². The standard InChI is InChI=1S/C17H19N3O4S/c21-13-15-11-18-17(19-12-15)6-3-14-1-4-16(5-2-14)25(22,23)20-7-9-24-10-8-20/h1-2,4-5,11-13H,3,6-10H2. The first kappa shape index (κ1) is 17.7. The zero-order valence-corrected chi connectivity index (χ0v) is 14.5. The topological polar surface area (TPSA) is 89.5 Å². The van der Waals surface area contributed by atoms with E-state index in [4.69, 9.17) is 4.74 Å². The van der Waals surface area contributed by atoms with E-state index in [1.807, 2.05) is 12.1 Å². The number of carbonyl (C=O) groups excluding carboxylic acids is 1. The van der Waals surface area contributed by atoms with E-state index in [0.717, 1.165) is 5.56 Å². The average molecular weight is 361 g/mol. The number of sulfonamides is 1. The fraction of sp³-hybridized carbons (Fsp3) is 0.353. The van der Waals surface area contributed by atoms with Gasteiger partial charge in [-0.1, -0.05) is 12.1 Å². The molecule has 0 bridgehead atoms. The SMILES string of the molecule is O=Cc1cnc(CCc2ccc(S(=O)(=O)N3CCOCC3)cc2)nc1. The molecule has 0 unspecified atom stereocenters. The number of rotatable bonds is 6. The fourth-order valence-electron chi connectivity index (χ4n) is 2.57. The van der Waals surface area contributed by atoms with Crippen LogP contribution in [0.15, 0.2) is 41.6 Å². The number of ether oxygens (including phenoxy) is 1. The maximum absolute atomic E-state index is 12.6. The molecule has 132 valence electrons. The summed E-state index contributed by atoms with van der Waals surface area (Å²) < 4.78 is 31.8. The number of aromatic nitrogens is 2. The maximum atomic E-state index is 12.6. The second kappa shape index (κ2) is 7.81. The Labute approximate surface area is 146 Å². The smallest absolute Gasteiger partial charge is 0.243 e. The molecule has 1 aromatic carbocycles. The Hall–Kier alpha value is -2.16. The van der Waals surface area contributed by atoms with E-state index < -0.39 is 10.0 Å². The summed E-state index contributed by atoms with van der Waals surface area (Å²) in [5.74, 6) is 0.649. The Morgan fingerprint density at radius 2 is 1.68 bits per heavy atom. The van der Waals surface area contributed by atoms with E-state index >= 15 is 0 Å². The number of nitrogens with zero attached hydrogens (tertiary/aromatic N) is 3. The molecule has 2 heterocycles. The van der Waals surface area contributed by atoms with Crippen molar-refractivity contribution in [3.05, 3.63) is 53.6 Å². The van der Waals surface area contributed by atoms with E-state index in [1.54, 1.807) is 12.1 Å². The van der Waals surface area contributed by atoms with Crippen LogP contribution in [0.25, 0.3) is 0 Å². The second-order valence-electron chi connectivity index (χ2n) is 5.71. The highest BCUT2D eigenvalue weighted by molar-refractivity contribution is 7.89. The van der Waals surface area contributed by atoms with Crippen molar-refractivity contribution in [1.29, 1.82) is 0 Å². The van der Waals surface area contributed by atoms with Crippen molar-refractivity contribution in [2.24, 2.45) is 0 Å². The Bertz CT molecular complexity index is 814. The Morgan fingerprint density at radius 3 is 2.28 bits per heavy atom. The molecule has 0 spiro atoms. The van der Waals surface area contributed by atoms with Gasteiger partial charge in [-0.25, -0.2) is 18.4 Å². The monoisotopic (exact) mass is 361 g/mol. The van der Waals surface area contributed by atoms with Crippen molar-refractivity contribution in [2.75, 3.05) is 26.3 Å². The molecule has 2 aromatic rings. The molecule has 1 fully saturated rings.